The molecule has 2 aliphatic heterocycles. The van der Waals surface area contributed by atoms with Gasteiger partial charge in [0.05, 0.1) is 19.6 Å². The highest BCUT2D eigenvalue weighted by Crippen LogP contribution is 2.13. The second-order valence-electron chi connectivity index (χ2n) is 7.27. The Hall–Kier alpha value is -2.83. The van der Waals surface area contributed by atoms with E-state index in [-0.39, 0.29) is 45.7 Å². The molecule has 12 heteroatoms. The van der Waals surface area contributed by atoms with Crippen molar-refractivity contribution >= 4 is 29.7 Å². The topological polar surface area (TPSA) is 159 Å². The lowest BCUT2D eigenvalue weighted by Gasteiger charge is -2.34. The van der Waals surface area contributed by atoms with Gasteiger partial charge in [0.1, 0.15) is 0 Å². The maximum atomic E-state index is 11.8. The first-order chi connectivity index (χ1) is 14.2. The van der Waals surface area contributed by atoms with Gasteiger partial charge in [-0.15, -0.1) is 0 Å². The van der Waals surface area contributed by atoms with Crippen LogP contribution in [0.15, 0.2) is 12.2 Å². The molecule has 166 valence electrons. The Morgan fingerprint density at radius 2 is 1.30 bits per heavy atom. The number of carbonyl (C=O) groups excluding carboxylic acids is 2. The molecule has 2 amide bonds. The number of nitrogens with zero attached hydrogens (tertiary/aromatic N) is 4. The first-order valence-electron chi connectivity index (χ1n) is 9.53. The molecule has 0 saturated carbocycles. The van der Waals surface area contributed by atoms with Crippen LogP contribution >= 0.6 is 0 Å². The lowest BCUT2D eigenvalue weighted by atomic mass is 10.1. The van der Waals surface area contributed by atoms with Gasteiger partial charge in [0, 0.05) is 57.5 Å². The Balaban J connectivity index is 2.19. The normalized spacial score (nSPS) is 22.0. The van der Waals surface area contributed by atoms with Crippen molar-refractivity contribution in [1.29, 1.82) is 0 Å². The van der Waals surface area contributed by atoms with Gasteiger partial charge in [-0.1, -0.05) is 0 Å². The van der Waals surface area contributed by atoms with E-state index >= 15 is 0 Å². The molecule has 12 nitrogen and oxygen atoms in total. The zero-order valence-corrected chi connectivity index (χ0v) is 16.5. The van der Waals surface area contributed by atoms with Crippen LogP contribution in [0.3, 0.4) is 0 Å². The molecule has 0 aromatic carbocycles. The van der Waals surface area contributed by atoms with Crippen molar-refractivity contribution < 1.29 is 39.3 Å². The highest BCUT2D eigenvalue weighted by Gasteiger charge is 2.30. The number of rotatable bonds is 9. The van der Waals surface area contributed by atoms with Gasteiger partial charge in [0.2, 0.25) is 0 Å². The molecular weight excluding hydrogens is 400 g/mol. The number of hydrogen-bond acceptors (Lipinski definition) is 8. The van der Waals surface area contributed by atoms with Gasteiger partial charge in [-0.3, -0.25) is 43.6 Å². The third-order valence-corrected chi connectivity index (χ3v) is 5.06. The maximum absolute atomic E-state index is 11.8. The minimum atomic E-state index is -1.08. The highest BCUT2D eigenvalue weighted by atomic mass is 16.4. The molecule has 2 heterocycles. The fourth-order valence-corrected chi connectivity index (χ4v) is 3.62. The van der Waals surface area contributed by atoms with Crippen LogP contribution in [0.5, 0.6) is 0 Å². The summed E-state index contributed by atoms with van der Waals surface area (Å²) in [5.74, 6) is -4.05. The Morgan fingerprint density at radius 3 is 1.87 bits per heavy atom. The summed E-state index contributed by atoms with van der Waals surface area (Å²) in [6.07, 6.45) is 2.60. The molecular formula is C18H26N4O8. The molecule has 2 aliphatic rings. The number of hydrogen-bond donors (Lipinski definition) is 3. The van der Waals surface area contributed by atoms with Crippen molar-refractivity contribution in [3.05, 3.63) is 12.2 Å². The SMILES string of the molecule is O=C(O)CN1CCN(CC(=O)O)CC(CCN2C(=O)C=CC2=O)N(CC(=O)O)CC1. The summed E-state index contributed by atoms with van der Waals surface area (Å²) in [4.78, 5) is 63.3. The highest BCUT2D eigenvalue weighted by molar-refractivity contribution is 6.12. The van der Waals surface area contributed by atoms with Gasteiger partial charge in [0.15, 0.2) is 0 Å². The lowest BCUT2D eigenvalue weighted by molar-refractivity contribution is -0.141. The van der Waals surface area contributed by atoms with Crippen molar-refractivity contribution in [3.63, 3.8) is 0 Å². The predicted octanol–water partition coefficient (Wildman–Crippen LogP) is -2.16. The average molecular weight is 426 g/mol. The molecule has 1 fully saturated rings. The van der Waals surface area contributed by atoms with Crippen molar-refractivity contribution in [2.75, 3.05) is 58.9 Å². The van der Waals surface area contributed by atoms with Gasteiger partial charge in [0.25, 0.3) is 11.8 Å². The molecule has 0 spiro atoms. The molecule has 1 unspecified atom stereocenters. The Labute approximate surface area is 172 Å². The van der Waals surface area contributed by atoms with Gasteiger partial charge in [-0.2, -0.15) is 0 Å². The molecule has 0 aliphatic carbocycles. The van der Waals surface area contributed by atoms with Gasteiger partial charge < -0.3 is 15.3 Å². The summed E-state index contributed by atoms with van der Waals surface area (Å²) in [6.45, 7) is 0.587. The molecule has 1 saturated heterocycles. The van der Waals surface area contributed by atoms with Crippen molar-refractivity contribution in [3.8, 4) is 0 Å². The van der Waals surface area contributed by atoms with Gasteiger partial charge in [-0.25, -0.2) is 0 Å². The Kier molecular flexibility index (Phi) is 8.45. The monoisotopic (exact) mass is 426 g/mol. The maximum Gasteiger partial charge on any atom is 0.317 e. The van der Waals surface area contributed by atoms with Crippen LogP contribution in [0.2, 0.25) is 0 Å². The van der Waals surface area contributed by atoms with Crippen LogP contribution in [0.4, 0.5) is 0 Å². The molecule has 0 aromatic rings. The van der Waals surface area contributed by atoms with Crippen LogP contribution < -0.4 is 0 Å². The van der Waals surface area contributed by atoms with Crippen LogP contribution in [-0.2, 0) is 24.0 Å². The predicted molar refractivity (Wildman–Crippen MR) is 102 cm³/mol. The fraction of sp³-hybridized carbons (Fsp3) is 0.611. The third kappa shape index (κ3) is 7.21. The Morgan fingerprint density at radius 1 is 0.800 bits per heavy atom. The summed E-state index contributed by atoms with van der Waals surface area (Å²) in [6, 6.07) is -0.438. The quantitative estimate of drug-likeness (QED) is 0.345. The summed E-state index contributed by atoms with van der Waals surface area (Å²) >= 11 is 0. The van der Waals surface area contributed by atoms with Crippen LogP contribution in [0.25, 0.3) is 0 Å². The van der Waals surface area contributed by atoms with Crippen molar-refractivity contribution in [2.24, 2.45) is 0 Å². The zero-order valence-electron chi connectivity index (χ0n) is 16.5. The number of carboxylic acids is 3. The van der Waals surface area contributed by atoms with Crippen LogP contribution in [0.1, 0.15) is 6.42 Å². The van der Waals surface area contributed by atoms with E-state index in [4.69, 9.17) is 5.11 Å². The summed E-state index contributed by atoms with van der Waals surface area (Å²) < 4.78 is 0. The van der Waals surface area contributed by atoms with Crippen molar-refractivity contribution in [2.45, 2.75) is 12.5 Å². The molecule has 3 N–H and O–H groups in total. The zero-order chi connectivity index (χ0) is 22.3. The lowest BCUT2D eigenvalue weighted by Crippen LogP contribution is -2.49. The second-order valence-corrected chi connectivity index (χ2v) is 7.27. The second kappa shape index (κ2) is 10.8. The first kappa shape index (κ1) is 23.4. The van der Waals surface area contributed by atoms with E-state index in [1.807, 2.05) is 0 Å². The number of carbonyl (C=O) groups is 5. The van der Waals surface area contributed by atoms with E-state index < -0.39 is 35.8 Å². The van der Waals surface area contributed by atoms with Crippen LogP contribution in [-0.4, -0.2) is 130 Å². The number of amides is 2. The summed E-state index contributed by atoms with van der Waals surface area (Å²) in [5, 5.41) is 27.6. The molecule has 2 rings (SSSR count). The van der Waals surface area contributed by atoms with E-state index in [1.54, 1.807) is 14.7 Å². The van der Waals surface area contributed by atoms with E-state index in [2.05, 4.69) is 0 Å². The fourth-order valence-electron chi connectivity index (χ4n) is 3.62. The van der Waals surface area contributed by atoms with Gasteiger partial charge in [-0.05, 0) is 6.42 Å². The number of aliphatic carboxylic acids is 3. The average Bonchev–Trinajstić information content (AvgIpc) is 2.98. The molecule has 0 bridgehead atoms. The van der Waals surface area contributed by atoms with E-state index in [1.165, 1.54) is 12.2 Å². The third-order valence-electron chi connectivity index (χ3n) is 5.06. The number of carboxylic acid groups (broad SMARTS) is 3. The van der Waals surface area contributed by atoms with Crippen LogP contribution in [0, 0.1) is 0 Å². The minimum absolute atomic E-state index is 0.0746. The Bertz CT molecular complexity index is 707. The van der Waals surface area contributed by atoms with E-state index in [9.17, 15) is 34.2 Å². The summed E-state index contributed by atoms with van der Waals surface area (Å²) in [7, 11) is 0. The van der Waals surface area contributed by atoms with Gasteiger partial charge >= 0.3 is 17.9 Å². The number of imide groups is 1. The largest absolute Gasteiger partial charge is 0.480 e. The standard InChI is InChI=1S/C18H26N4O8/c23-14-1-2-15(24)22(14)4-3-13-9-20(11-17(27)28)6-5-19(10-16(25)26)7-8-21(13)12-18(29)30/h1-2,13H,3-12H2,(H,25,26)(H,27,28)(H,29,30). The minimum Gasteiger partial charge on any atom is -0.480 e. The molecule has 1 atom stereocenters. The first-order valence-corrected chi connectivity index (χ1v) is 9.53. The smallest absolute Gasteiger partial charge is 0.317 e. The molecule has 0 aromatic heterocycles. The molecule has 0 radical (unpaired) electrons. The van der Waals surface area contributed by atoms with E-state index in [0.29, 0.717) is 19.6 Å². The molecule has 30 heavy (non-hydrogen) atoms. The van der Waals surface area contributed by atoms with E-state index in [0.717, 1.165) is 4.90 Å². The van der Waals surface area contributed by atoms with Crippen molar-refractivity contribution in [1.82, 2.24) is 19.6 Å². The summed E-state index contributed by atoms with van der Waals surface area (Å²) in [5.41, 5.74) is 0.